The predicted molar refractivity (Wildman–Crippen MR) is 86.2 cm³/mol. The third kappa shape index (κ3) is 2.51. The van der Waals surface area contributed by atoms with Gasteiger partial charge >= 0.3 is 0 Å². The third-order valence-corrected chi connectivity index (χ3v) is 5.60. The maximum absolute atomic E-state index is 6.01. The highest BCUT2D eigenvalue weighted by Crippen LogP contribution is 2.40. The number of imidazole rings is 1. The maximum atomic E-state index is 6.01. The Hall–Kier alpha value is -1.26. The molecule has 1 aliphatic heterocycles. The van der Waals surface area contributed by atoms with Crippen molar-refractivity contribution in [2.24, 2.45) is 0 Å². The molecule has 0 bridgehead atoms. The van der Waals surface area contributed by atoms with Gasteiger partial charge in [-0.3, -0.25) is 0 Å². The molecule has 2 heterocycles. The molecule has 1 unspecified atom stereocenters. The first kappa shape index (κ1) is 13.4. The second-order valence-corrected chi connectivity index (χ2v) is 7.02. The summed E-state index contributed by atoms with van der Waals surface area (Å²) in [5, 5.41) is 0.692. The van der Waals surface area contributed by atoms with Crippen LogP contribution in [0, 0.1) is 0 Å². The van der Waals surface area contributed by atoms with E-state index < -0.39 is 0 Å². The Morgan fingerprint density at radius 1 is 1.19 bits per heavy atom. The fourth-order valence-corrected chi connectivity index (χ4v) is 4.39. The van der Waals surface area contributed by atoms with Crippen LogP contribution >= 0.6 is 12.0 Å². The van der Waals surface area contributed by atoms with Crippen molar-refractivity contribution in [3.8, 4) is 11.3 Å². The van der Waals surface area contributed by atoms with Gasteiger partial charge in [0.15, 0.2) is 0 Å². The average molecular weight is 300 g/mol. The molecule has 3 nitrogen and oxygen atoms in total. The molecule has 4 rings (SSSR count). The van der Waals surface area contributed by atoms with Crippen molar-refractivity contribution < 1.29 is 4.18 Å². The van der Waals surface area contributed by atoms with Crippen LogP contribution in [-0.4, -0.2) is 21.4 Å². The summed E-state index contributed by atoms with van der Waals surface area (Å²) in [5.74, 6) is 0. The molecule has 1 aromatic carbocycles. The van der Waals surface area contributed by atoms with Gasteiger partial charge in [-0.1, -0.05) is 43.5 Å². The summed E-state index contributed by atoms with van der Waals surface area (Å²) < 4.78 is 8.25. The predicted octanol–water partition coefficient (Wildman–Crippen LogP) is 4.45. The van der Waals surface area contributed by atoms with E-state index in [9.17, 15) is 0 Å². The van der Waals surface area contributed by atoms with Gasteiger partial charge in [-0.15, -0.1) is 0 Å². The van der Waals surface area contributed by atoms with E-state index in [0.29, 0.717) is 5.25 Å². The van der Waals surface area contributed by atoms with E-state index in [2.05, 4.69) is 33.8 Å². The minimum Gasteiger partial charge on any atom is -0.321 e. The van der Waals surface area contributed by atoms with E-state index in [1.54, 1.807) is 12.0 Å². The van der Waals surface area contributed by atoms with E-state index in [4.69, 9.17) is 4.18 Å². The Labute approximate surface area is 129 Å². The van der Waals surface area contributed by atoms with E-state index in [-0.39, 0.29) is 6.04 Å². The summed E-state index contributed by atoms with van der Waals surface area (Å²) in [4.78, 5) is 4.29. The number of fused-ring (bicyclic) bond motifs is 3. The number of benzene rings is 1. The first-order valence-electron chi connectivity index (χ1n) is 7.83. The molecule has 0 spiro atoms. The first-order valence-corrected chi connectivity index (χ1v) is 8.63. The van der Waals surface area contributed by atoms with Crippen LogP contribution in [-0.2, 0) is 4.18 Å². The van der Waals surface area contributed by atoms with Crippen LogP contribution in [0.3, 0.4) is 0 Å². The van der Waals surface area contributed by atoms with E-state index in [0.717, 1.165) is 6.61 Å². The lowest BCUT2D eigenvalue weighted by molar-refractivity contribution is 0.314. The fourth-order valence-electron chi connectivity index (χ4n) is 3.46. The highest BCUT2D eigenvalue weighted by atomic mass is 32.2. The molecule has 0 saturated heterocycles. The van der Waals surface area contributed by atoms with Gasteiger partial charge < -0.3 is 8.75 Å². The van der Waals surface area contributed by atoms with Crippen molar-refractivity contribution in [2.45, 2.75) is 43.4 Å². The second kappa shape index (κ2) is 5.85. The number of hydrogen-bond acceptors (Lipinski definition) is 3. The van der Waals surface area contributed by atoms with Crippen LogP contribution in [0.4, 0.5) is 0 Å². The van der Waals surface area contributed by atoms with Crippen molar-refractivity contribution >= 4 is 12.0 Å². The van der Waals surface area contributed by atoms with Crippen LogP contribution in [0.2, 0.25) is 0 Å². The van der Waals surface area contributed by atoms with Crippen molar-refractivity contribution in [1.29, 1.82) is 0 Å². The Morgan fingerprint density at radius 2 is 2.05 bits per heavy atom. The Kier molecular flexibility index (Phi) is 3.74. The summed E-state index contributed by atoms with van der Waals surface area (Å²) in [6.45, 7) is 0.724. The average Bonchev–Trinajstić information content (AvgIpc) is 3.11. The molecule has 1 fully saturated rings. The van der Waals surface area contributed by atoms with Gasteiger partial charge in [-0.25, -0.2) is 4.98 Å². The molecule has 21 heavy (non-hydrogen) atoms. The minimum atomic E-state index is 0.273. The SMILES string of the molecule is c1ccc2c(c1)-c1cncn1C2COSC1CCCCC1. The topological polar surface area (TPSA) is 27.1 Å². The molecular weight excluding hydrogens is 280 g/mol. The highest BCUT2D eigenvalue weighted by Gasteiger charge is 2.28. The molecule has 2 aromatic rings. The van der Waals surface area contributed by atoms with Gasteiger partial charge in [0, 0.05) is 10.8 Å². The molecule has 1 aliphatic carbocycles. The molecule has 1 aromatic heterocycles. The van der Waals surface area contributed by atoms with Crippen LogP contribution in [0.1, 0.15) is 43.7 Å². The lowest BCUT2D eigenvalue weighted by Gasteiger charge is -2.21. The number of rotatable bonds is 4. The molecular formula is C17H20N2OS. The summed E-state index contributed by atoms with van der Waals surface area (Å²) >= 11 is 1.70. The molecule has 110 valence electrons. The number of nitrogens with zero attached hydrogens (tertiary/aromatic N) is 2. The third-order valence-electron chi connectivity index (χ3n) is 4.58. The van der Waals surface area contributed by atoms with Crippen LogP contribution < -0.4 is 0 Å². The normalized spacial score (nSPS) is 21.2. The largest absolute Gasteiger partial charge is 0.321 e. The van der Waals surface area contributed by atoms with Crippen LogP contribution in [0.15, 0.2) is 36.8 Å². The Balaban J connectivity index is 1.45. The van der Waals surface area contributed by atoms with Crippen molar-refractivity contribution in [3.63, 3.8) is 0 Å². The molecule has 1 saturated carbocycles. The molecule has 1 atom stereocenters. The van der Waals surface area contributed by atoms with Gasteiger partial charge in [0.05, 0.1) is 30.9 Å². The lowest BCUT2D eigenvalue weighted by atomic mass is 10.0. The first-order chi connectivity index (χ1) is 10.4. The Morgan fingerprint density at radius 3 is 2.95 bits per heavy atom. The summed E-state index contributed by atoms with van der Waals surface area (Å²) in [6.07, 6.45) is 10.6. The van der Waals surface area contributed by atoms with Gasteiger partial charge in [-0.05, 0) is 30.4 Å². The van der Waals surface area contributed by atoms with Gasteiger partial charge in [0.25, 0.3) is 0 Å². The number of hydrogen-bond donors (Lipinski definition) is 0. The summed E-state index contributed by atoms with van der Waals surface area (Å²) in [5.41, 5.74) is 3.87. The maximum Gasteiger partial charge on any atom is 0.0957 e. The van der Waals surface area contributed by atoms with E-state index >= 15 is 0 Å². The summed E-state index contributed by atoms with van der Waals surface area (Å²) in [7, 11) is 0. The quantitative estimate of drug-likeness (QED) is 0.781. The van der Waals surface area contributed by atoms with Crippen molar-refractivity contribution in [1.82, 2.24) is 9.55 Å². The molecule has 0 amide bonds. The van der Waals surface area contributed by atoms with Crippen molar-refractivity contribution in [3.05, 3.63) is 42.4 Å². The molecule has 0 radical (unpaired) electrons. The van der Waals surface area contributed by atoms with Crippen LogP contribution in [0.25, 0.3) is 11.3 Å². The van der Waals surface area contributed by atoms with Gasteiger partial charge in [-0.2, -0.15) is 0 Å². The zero-order valence-corrected chi connectivity index (χ0v) is 12.9. The molecule has 4 heteroatoms. The summed E-state index contributed by atoms with van der Waals surface area (Å²) in [6, 6.07) is 8.87. The minimum absolute atomic E-state index is 0.273. The number of aromatic nitrogens is 2. The Bertz CT molecular complexity index is 619. The molecule has 0 N–H and O–H groups in total. The zero-order chi connectivity index (χ0) is 14.1. The zero-order valence-electron chi connectivity index (χ0n) is 12.1. The van der Waals surface area contributed by atoms with Gasteiger partial charge in [0.2, 0.25) is 0 Å². The lowest BCUT2D eigenvalue weighted by Crippen LogP contribution is -2.13. The monoisotopic (exact) mass is 300 g/mol. The standard InChI is InChI=1S/C17H20N2OS/c1-2-6-13(7-3-1)21-20-11-17-15-9-5-4-8-14(15)16-10-18-12-19(16)17/h4-5,8-10,12-13,17H,1-3,6-7,11H2. The van der Waals surface area contributed by atoms with E-state index in [1.807, 2.05) is 12.5 Å². The van der Waals surface area contributed by atoms with Crippen LogP contribution in [0.5, 0.6) is 0 Å². The van der Waals surface area contributed by atoms with Gasteiger partial charge in [0.1, 0.15) is 0 Å². The van der Waals surface area contributed by atoms with E-state index in [1.165, 1.54) is 48.9 Å². The highest BCUT2D eigenvalue weighted by molar-refractivity contribution is 7.95. The fraction of sp³-hybridized carbons (Fsp3) is 0.471. The van der Waals surface area contributed by atoms with Crippen molar-refractivity contribution in [2.75, 3.05) is 6.61 Å². The second-order valence-electron chi connectivity index (χ2n) is 5.93. The smallest absolute Gasteiger partial charge is 0.0957 e. The molecule has 2 aliphatic rings.